The Morgan fingerprint density at radius 1 is 1.38 bits per heavy atom. The Labute approximate surface area is 96.6 Å². The summed E-state index contributed by atoms with van der Waals surface area (Å²) in [5.74, 6) is 0.140. The van der Waals surface area contributed by atoms with Crippen LogP contribution in [0.15, 0.2) is 0 Å². The molecular weight excluding hydrogens is 206 g/mol. The molecule has 92 valence electrons. The van der Waals surface area contributed by atoms with Gasteiger partial charge < -0.3 is 15.5 Å². The number of carbonyl (C=O) groups is 2. The zero-order valence-electron chi connectivity index (χ0n) is 10.2. The van der Waals surface area contributed by atoms with E-state index in [4.69, 9.17) is 0 Å². The Hall–Kier alpha value is -1.26. The van der Waals surface area contributed by atoms with E-state index in [1.54, 1.807) is 4.90 Å². The Kier molecular flexibility index (Phi) is 4.58. The SMILES string of the molecule is CCNC(=O)N1CC(NC(=O)C(C)CC)C1. The summed E-state index contributed by atoms with van der Waals surface area (Å²) < 4.78 is 0. The van der Waals surface area contributed by atoms with Crippen LogP contribution in [0, 0.1) is 5.92 Å². The molecule has 0 aromatic rings. The lowest BCUT2D eigenvalue weighted by molar-refractivity contribution is -0.126. The predicted molar refractivity (Wildman–Crippen MR) is 62.0 cm³/mol. The third-order valence-corrected chi connectivity index (χ3v) is 2.90. The molecule has 1 aliphatic rings. The van der Waals surface area contributed by atoms with E-state index in [-0.39, 0.29) is 23.9 Å². The molecule has 1 rings (SSSR count). The maximum absolute atomic E-state index is 11.5. The first-order chi connectivity index (χ1) is 7.58. The smallest absolute Gasteiger partial charge is 0.317 e. The molecule has 5 heteroatoms. The third-order valence-electron chi connectivity index (χ3n) is 2.90. The minimum Gasteiger partial charge on any atom is -0.350 e. The number of rotatable bonds is 4. The van der Waals surface area contributed by atoms with Crippen LogP contribution in [0.2, 0.25) is 0 Å². The summed E-state index contributed by atoms with van der Waals surface area (Å²) in [7, 11) is 0. The molecule has 0 aliphatic carbocycles. The van der Waals surface area contributed by atoms with Crippen molar-refractivity contribution in [2.45, 2.75) is 33.2 Å². The topological polar surface area (TPSA) is 61.4 Å². The molecule has 3 amide bonds. The molecule has 0 bridgehead atoms. The monoisotopic (exact) mass is 227 g/mol. The van der Waals surface area contributed by atoms with Crippen molar-refractivity contribution >= 4 is 11.9 Å². The van der Waals surface area contributed by atoms with E-state index in [0.717, 1.165) is 6.42 Å². The predicted octanol–water partition coefficient (Wildman–Crippen LogP) is 0.562. The highest BCUT2D eigenvalue weighted by molar-refractivity contribution is 5.79. The Balaban J connectivity index is 2.21. The van der Waals surface area contributed by atoms with Crippen LogP contribution in [0.3, 0.4) is 0 Å². The van der Waals surface area contributed by atoms with Crippen molar-refractivity contribution in [1.29, 1.82) is 0 Å². The molecule has 16 heavy (non-hydrogen) atoms. The van der Waals surface area contributed by atoms with Gasteiger partial charge in [0, 0.05) is 25.6 Å². The van der Waals surface area contributed by atoms with Crippen molar-refractivity contribution < 1.29 is 9.59 Å². The summed E-state index contributed by atoms with van der Waals surface area (Å²) in [5.41, 5.74) is 0. The molecule has 1 aliphatic heterocycles. The molecule has 1 atom stereocenters. The summed E-state index contributed by atoms with van der Waals surface area (Å²) in [5, 5.41) is 5.66. The van der Waals surface area contributed by atoms with E-state index in [1.807, 2.05) is 20.8 Å². The van der Waals surface area contributed by atoms with Crippen LogP contribution in [0.4, 0.5) is 4.79 Å². The van der Waals surface area contributed by atoms with E-state index in [2.05, 4.69) is 10.6 Å². The van der Waals surface area contributed by atoms with Gasteiger partial charge >= 0.3 is 6.03 Å². The highest BCUT2D eigenvalue weighted by atomic mass is 16.2. The van der Waals surface area contributed by atoms with Crippen LogP contribution in [0.25, 0.3) is 0 Å². The molecule has 2 N–H and O–H groups in total. The van der Waals surface area contributed by atoms with Crippen LogP contribution in [-0.4, -0.2) is 42.5 Å². The van der Waals surface area contributed by atoms with Crippen molar-refractivity contribution in [2.75, 3.05) is 19.6 Å². The molecular formula is C11H21N3O2. The van der Waals surface area contributed by atoms with E-state index < -0.39 is 0 Å². The average molecular weight is 227 g/mol. The molecule has 0 aromatic heterocycles. The van der Waals surface area contributed by atoms with Crippen molar-refractivity contribution in [3.05, 3.63) is 0 Å². The first kappa shape index (κ1) is 12.8. The summed E-state index contributed by atoms with van der Waals surface area (Å²) in [6, 6.07) is 0.0839. The maximum atomic E-state index is 11.5. The van der Waals surface area contributed by atoms with Crippen molar-refractivity contribution in [2.24, 2.45) is 5.92 Å². The summed E-state index contributed by atoms with van der Waals surface area (Å²) >= 11 is 0. The van der Waals surface area contributed by atoms with Gasteiger partial charge in [-0.1, -0.05) is 13.8 Å². The number of hydrogen-bond acceptors (Lipinski definition) is 2. The third kappa shape index (κ3) is 3.12. The molecule has 1 unspecified atom stereocenters. The van der Waals surface area contributed by atoms with Crippen LogP contribution in [0.1, 0.15) is 27.2 Å². The Morgan fingerprint density at radius 2 is 2.00 bits per heavy atom. The average Bonchev–Trinajstić information content (AvgIpc) is 2.21. The lowest BCUT2D eigenvalue weighted by atomic mass is 10.1. The van der Waals surface area contributed by atoms with E-state index in [1.165, 1.54) is 0 Å². The van der Waals surface area contributed by atoms with Gasteiger partial charge in [-0.25, -0.2) is 4.79 Å². The van der Waals surface area contributed by atoms with E-state index in [0.29, 0.717) is 19.6 Å². The van der Waals surface area contributed by atoms with Gasteiger partial charge in [-0.2, -0.15) is 0 Å². The largest absolute Gasteiger partial charge is 0.350 e. The number of urea groups is 1. The van der Waals surface area contributed by atoms with Gasteiger partial charge in [0.15, 0.2) is 0 Å². The second-order valence-electron chi connectivity index (χ2n) is 4.26. The zero-order chi connectivity index (χ0) is 12.1. The van der Waals surface area contributed by atoms with Gasteiger partial charge in [0.05, 0.1) is 6.04 Å². The number of carbonyl (C=O) groups excluding carboxylic acids is 2. The summed E-state index contributed by atoms with van der Waals surface area (Å²) in [6.45, 7) is 7.67. The van der Waals surface area contributed by atoms with Gasteiger partial charge in [0.2, 0.25) is 5.91 Å². The van der Waals surface area contributed by atoms with Crippen molar-refractivity contribution in [3.8, 4) is 0 Å². The number of nitrogens with one attached hydrogen (secondary N) is 2. The van der Waals surface area contributed by atoms with Gasteiger partial charge in [-0.3, -0.25) is 4.79 Å². The zero-order valence-corrected chi connectivity index (χ0v) is 10.2. The molecule has 5 nitrogen and oxygen atoms in total. The fourth-order valence-corrected chi connectivity index (χ4v) is 1.53. The molecule has 0 saturated carbocycles. The fourth-order valence-electron chi connectivity index (χ4n) is 1.53. The van der Waals surface area contributed by atoms with E-state index in [9.17, 15) is 9.59 Å². The van der Waals surface area contributed by atoms with Crippen molar-refractivity contribution in [3.63, 3.8) is 0 Å². The fraction of sp³-hybridized carbons (Fsp3) is 0.818. The van der Waals surface area contributed by atoms with Gasteiger partial charge in [0.1, 0.15) is 0 Å². The van der Waals surface area contributed by atoms with Gasteiger partial charge in [-0.15, -0.1) is 0 Å². The summed E-state index contributed by atoms with van der Waals surface area (Å²) in [4.78, 5) is 24.6. The van der Waals surface area contributed by atoms with Crippen LogP contribution in [-0.2, 0) is 4.79 Å². The summed E-state index contributed by atoms with van der Waals surface area (Å²) in [6.07, 6.45) is 0.846. The minimum absolute atomic E-state index is 0.0449. The van der Waals surface area contributed by atoms with Gasteiger partial charge in [-0.05, 0) is 13.3 Å². The number of amides is 3. The first-order valence-corrected chi connectivity index (χ1v) is 5.91. The molecule has 0 radical (unpaired) electrons. The highest BCUT2D eigenvalue weighted by Gasteiger charge is 2.31. The van der Waals surface area contributed by atoms with E-state index >= 15 is 0 Å². The second kappa shape index (κ2) is 5.72. The molecule has 1 heterocycles. The molecule has 1 saturated heterocycles. The standard InChI is InChI=1S/C11H21N3O2/c1-4-8(3)10(15)13-9-6-14(7-9)11(16)12-5-2/h8-9H,4-7H2,1-3H3,(H,12,16)(H,13,15). The number of hydrogen-bond donors (Lipinski definition) is 2. The lowest BCUT2D eigenvalue weighted by Crippen LogP contribution is -2.63. The van der Waals surface area contributed by atoms with Crippen molar-refractivity contribution in [1.82, 2.24) is 15.5 Å². The lowest BCUT2D eigenvalue weighted by Gasteiger charge is -2.39. The van der Waals surface area contributed by atoms with Crippen LogP contribution in [0.5, 0.6) is 0 Å². The van der Waals surface area contributed by atoms with Crippen LogP contribution >= 0.6 is 0 Å². The Morgan fingerprint density at radius 3 is 2.50 bits per heavy atom. The second-order valence-corrected chi connectivity index (χ2v) is 4.26. The Bertz CT molecular complexity index is 262. The number of likely N-dealkylation sites (tertiary alicyclic amines) is 1. The maximum Gasteiger partial charge on any atom is 0.317 e. The first-order valence-electron chi connectivity index (χ1n) is 5.91. The normalized spacial score (nSPS) is 17.6. The number of nitrogens with zero attached hydrogens (tertiary/aromatic N) is 1. The molecule has 1 fully saturated rings. The molecule has 0 spiro atoms. The van der Waals surface area contributed by atoms with Gasteiger partial charge in [0.25, 0.3) is 0 Å². The highest BCUT2D eigenvalue weighted by Crippen LogP contribution is 2.09. The van der Waals surface area contributed by atoms with Crippen LogP contribution < -0.4 is 10.6 Å². The molecule has 0 aromatic carbocycles. The quantitative estimate of drug-likeness (QED) is 0.737. The minimum atomic E-state index is -0.0449.